The third kappa shape index (κ3) is 6.03. The summed E-state index contributed by atoms with van der Waals surface area (Å²) in [6.07, 6.45) is 2.38. The summed E-state index contributed by atoms with van der Waals surface area (Å²) >= 11 is 0. The highest BCUT2D eigenvalue weighted by atomic mass is 16.4. The van der Waals surface area contributed by atoms with Crippen LogP contribution in [0.25, 0.3) is 0 Å². The number of hydrogen-bond acceptors (Lipinski definition) is 3. The first-order valence-corrected chi connectivity index (χ1v) is 6.41. The molecule has 2 atom stereocenters. The van der Waals surface area contributed by atoms with E-state index in [2.05, 4.69) is 32.7 Å². The quantitative estimate of drug-likeness (QED) is 0.640. The monoisotopic (exact) mass is 244 g/mol. The van der Waals surface area contributed by atoms with E-state index in [9.17, 15) is 4.79 Å². The van der Waals surface area contributed by atoms with Crippen LogP contribution >= 0.6 is 0 Å². The molecule has 0 aromatic rings. The molecule has 102 valence electrons. The van der Waals surface area contributed by atoms with Crippen LogP contribution < -0.4 is 5.73 Å². The van der Waals surface area contributed by atoms with Gasteiger partial charge in [-0.25, -0.2) is 0 Å². The molecule has 0 aliphatic carbocycles. The van der Waals surface area contributed by atoms with Crippen molar-refractivity contribution in [2.75, 3.05) is 13.6 Å². The molecule has 0 heterocycles. The summed E-state index contributed by atoms with van der Waals surface area (Å²) in [6.45, 7) is 9.21. The largest absolute Gasteiger partial charge is 0.480 e. The number of carboxylic acids is 1. The molecular weight excluding hydrogens is 216 g/mol. The third-order valence-corrected chi connectivity index (χ3v) is 3.61. The molecule has 0 spiro atoms. The van der Waals surface area contributed by atoms with Crippen molar-refractivity contribution >= 4 is 5.97 Å². The number of carboxylic acid groups (broad SMARTS) is 1. The van der Waals surface area contributed by atoms with Crippen molar-refractivity contribution in [3.05, 3.63) is 0 Å². The van der Waals surface area contributed by atoms with Gasteiger partial charge >= 0.3 is 5.97 Å². The topological polar surface area (TPSA) is 66.6 Å². The average Bonchev–Trinajstić information content (AvgIpc) is 2.22. The summed E-state index contributed by atoms with van der Waals surface area (Å²) in [4.78, 5) is 13.1. The Hall–Kier alpha value is -0.610. The first kappa shape index (κ1) is 16.4. The van der Waals surface area contributed by atoms with Gasteiger partial charge in [0.25, 0.3) is 0 Å². The zero-order valence-corrected chi connectivity index (χ0v) is 11.9. The van der Waals surface area contributed by atoms with E-state index in [0.717, 1.165) is 19.4 Å². The van der Waals surface area contributed by atoms with Crippen LogP contribution in [-0.2, 0) is 4.79 Å². The van der Waals surface area contributed by atoms with Gasteiger partial charge in [0.15, 0.2) is 0 Å². The summed E-state index contributed by atoms with van der Waals surface area (Å²) in [5.41, 5.74) is 4.59. The van der Waals surface area contributed by atoms with Crippen LogP contribution in [0.2, 0.25) is 0 Å². The zero-order valence-electron chi connectivity index (χ0n) is 11.9. The smallest absolute Gasteiger partial charge is 0.323 e. The molecule has 3 N–H and O–H groups in total. The van der Waals surface area contributed by atoms with Crippen molar-refractivity contribution in [1.82, 2.24) is 4.90 Å². The summed E-state index contributed by atoms with van der Waals surface area (Å²) in [6, 6.07) is 0.554. The van der Waals surface area contributed by atoms with Gasteiger partial charge in [-0.3, -0.25) is 4.79 Å². The van der Waals surface area contributed by atoms with Crippen LogP contribution in [0.3, 0.4) is 0 Å². The highest BCUT2D eigenvalue weighted by molar-refractivity contribution is 5.77. The molecular formula is C13H28N2O2. The van der Waals surface area contributed by atoms with Crippen molar-refractivity contribution < 1.29 is 9.90 Å². The van der Waals surface area contributed by atoms with Gasteiger partial charge in [-0.2, -0.15) is 0 Å². The van der Waals surface area contributed by atoms with Gasteiger partial charge in [0.1, 0.15) is 5.54 Å². The second kappa shape index (κ2) is 6.97. The lowest BCUT2D eigenvalue weighted by atomic mass is 9.96. The maximum absolute atomic E-state index is 10.8. The van der Waals surface area contributed by atoms with E-state index in [1.807, 2.05) is 0 Å². The molecule has 4 nitrogen and oxygen atoms in total. The first-order valence-electron chi connectivity index (χ1n) is 6.41. The van der Waals surface area contributed by atoms with Crippen LogP contribution in [0.15, 0.2) is 0 Å². The van der Waals surface area contributed by atoms with Crippen LogP contribution in [0.1, 0.15) is 47.0 Å². The predicted molar refractivity (Wildman–Crippen MR) is 71.0 cm³/mol. The lowest BCUT2D eigenvalue weighted by Gasteiger charge is -2.28. The standard InChI is InChI=1S/C13H28N2O2/c1-10(2)11(3)15(5)9-7-6-8-13(4,14)12(16)17/h10-11H,6-9,14H2,1-5H3,(H,16,17). The van der Waals surface area contributed by atoms with Crippen LogP contribution in [0.4, 0.5) is 0 Å². The minimum atomic E-state index is -1.08. The minimum Gasteiger partial charge on any atom is -0.480 e. The fraction of sp³-hybridized carbons (Fsp3) is 0.923. The molecule has 0 aromatic heterocycles. The fourth-order valence-corrected chi connectivity index (χ4v) is 1.67. The lowest BCUT2D eigenvalue weighted by Crippen LogP contribution is -2.44. The minimum absolute atomic E-state index is 0.534. The van der Waals surface area contributed by atoms with Gasteiger partial charge in [0.2, 0.25) is 0 Å². The zero-order chi connectivity index (χ0) is 13.6. The Balaban J connectivity index is 3.82. The maximum Gasteiger partial charge on any atom is 0.323 e. The Morgan fingerprint density at radius 2 is 1.88 bits per heavy atom. The highest BCUT2D eigenvalue weighted by Gasteiger charge is 2.26. The van der Waals surface area contributed by atoms with Gasteiger partial charge in [-0.15, -0.1) is 0 Å². The molecule has 4 heteroatoms. The molecule has 0 amide bonds. The van der Waals surface area contributed by atoms with Crippen molar-refractivity contribution in [3.8, 4) is 0 Å². The number of rotatable bonds is 8. The van der Waals surface area contributed by atoms with Crippen molar-refractivity contribution in [2.45, 2.75) is 58.5 Å². The molecule has 0 saturated carbocycles. The van der Waals surface area contributed by atoms with Crippen LogP contribution in [-0.4, -0.2) is 41.1 Å². The van der Waals surface area contributed by atoms with Crippen LogP contribution in [0.5, 0.6) is 0 Å². The number of carbonyl (C=O) groups is 1. The average molecular weight is 244 g/mol. The van der Waals surface area contributed by atoms with E-state index in [1.54, 1.807) is 6.92 Å². The normalized spacial score (nSPS) is 17.2. The van der Waals surface area contributed by atoms with Gasteiger partial charge in [-0.05, 0) is 52.6 Å². The van der Waals surface area contributed by atoms with E-state index in [0.29, 0.717) is 18.4 Å². The molecule has 17 heavy (non-hydrogen) atoms. The van der Waals surface area contributed by atoms with E-state index >= 15 is 0 Å². The summed E-state index contributed by atoms with van der Waals surface area (Å²) in [7, 11) is 2.11. The van der Waals surface area contributed by atoms with E-state index in [4.69, 9.17) is 10.8 Å². The molecule has 0 aliphatic heterocycles. The molecule has 0 radical (unpaired) electrons. The Labute approximate surface area is 105 Å². The van der Waals surface area contributed by atoms with E-state index < -0.39 is 11.5 Å². The molecule has 0 bridgehead atoms. The Morgan fingerprint density at radius 1 is 1.35 bits per heavy atom. The summed E-state index contributed by atoms with van der Waals surface area (Å²) < 4.78 is 0. The molecule has 0 aliphatic rings. The SMILES string of the molecule is CC(C)C(C)N(C)CCCCC(C)(N)C(=O)O. The van der Waals surface area contributed by atoms with E-state index in [-0.39, 0.29) is 0 Å². The number of nitrogens with two attached hydrogens (primary N) is 1. The lowest BCUT2D eigenvalue weighted by molar-refractivity contribution is -0.142. The van der Waals surface area contributed by atoms with Gasteiger partial charge in [-0.1, -0.05) is 13.8 Å². The van der Waals surface area contributed by atoms with Crippen molar-refractivity contribution in [2.24, 2.45) is 11.7 Å². The fourth-order valence-electron chi connectivity index (χ4n) is 1.67. The molecule has 2 unspecified atom stereocenters. The Kier molecular flexibility index (Phi) is 6.72. The Morgan fingerprint density at radius 3 is 2.29 bits per heavy atom. The van der Waals surface area contributed by atoms with Gasteiger partial charge in [0, 0.05) is 6.04 Å². The number of unbranched alkanes of at least 4 members (excludes halogenated alkanes) is 1. The first-order chi connectivity index (χ1) is 7.68. The summed E-state index contributed by atoms with van der Waals surface area (Å²) in [5.74, 6) is -0.278. The van der Waals surface area contributed by atoms with E-state index in [1.165, 1.54) is 0 Å². The van der Waals surface area contributed by atoms with Gasteiger partial charge < -0.3 is 15.7 Å². The summed E-state index contributed by atoms with van der Waals surface area (Å²) in [5, 5.41) is 8.88. The highest BCUT2D eigenvalue weighted by Crippen LogP contribution is 2.13. The van der Waals surface area contributed by atoms with Crippen LogP contribution in [0, 0.1) is 5.92 Å². The van der Waals surface area contributed by atoms with Crippen molar-refractivity contribution in [3.63, 3.8) is 0 Å². The second-order valence-corrected chi connectivity index (χ2v) is 5.64. The number of hydrogen-bond donors (Lipinski definition) is 2. The molecule has 0 fully saturated rings. The number of aliphatic carboxylic acids is 1. The second-order valence-electron chi connectivity index (χ2n) is 5.64. The molecule has 0 saturated heterocycles. The predicted octanol–water partition coefficient (Wildman–Crippen LogP) is 1.93. The van der Waals surface area contributed by atoms with Gasteiger partial charge in [0.05, 0.1) is 0 Å². The Bertz CT molecular complexity index is 240. The maximum atomic E-state index is 10.8. The number of nitrogens with zero attached hydrogens (tertiary/aromatic N) is 1. The third-order valence-electron chi connectivity index (χ3n) is 3.61. The van der Waals surface area contributed by atoms with Crippen molar-refractivity contribution in [1.29, 1.82) is 0 Å². The molecule has 0 aromatic carbocycles. The molecule has 0 rings (SSSR count).